The van der Waals surface area contributed by atoms with E-state index in [9.17, 15) is 0 Å². The first kappa shape index (κ1) is 34.6. The van der Waals surface area contributed by atoms with Crippen LogP contribution in [0, 0.1) is 0 Å². The van der Waals surface area contributed by atoms with E-state index >= 15 is 0 Å². The summed E-state index contributed by atoms with van der Waals surface area (Å²) in [6, 6.07) is 79.3. The molecule has 3 heteroatoms. The number of hydrogen-bond donors (Lipinski definition) is 0. The van der Waals surface area contributed by atoms with Crippen molar-refractivity contribution >= 4 is 42.3 Å². The lowest BCUT2D eigenvalue weighted by atomic mass is 9.67. The molecule has 1 aliphatic rings. The van der Waals surface area contributed by atoms with E-state index < -0.39 is 5.41 Å². The SMILES string of the molecule is c1ccc(-c2cc(-c3ccc4sc5ccccc5c4c3)nc(-c3ccc(-c4ccc5c(c4)-c4ccccc4C5(c4ccccc4)c4ccccc4)c4ccccc34)n2)cc1. The number of hydrogen-bond acceptors (Lipinski definition) is 3. The van der Waals surface area contributed by atoms with Gasteiger partial charge in [-0.2, -0.15) is 0 Å². The van der Waals surface area contributed by atoms with Gasteiger partial charge >= 0.3 is 0 Å². The first-order chi connectivity index (χ1) is 29.7. The third-order valence-electron chi connectivity index (χ3n) is 12.4. The molecule has 0 spiro atoms. The standard InChI is InChI=1S/C57H36N2S/c1-4-16-37(17-5-1)52-36-53(39-29-33-55-49(35-39)46-25-13-15-27-54(46)60-55)59-56(58-52)47-31-30-42(43-22-10-11-23-44(43)47)38-28-32-51-48(34-38)45-24-12-14-26-50(45)57(51,40-18-6-2-7-19-40)41-20-8-3-9-21-41/h1-36H. The molecule has 12 rings (SSSR count). The number of rotatable bonds is 6. The van der Waals surface area contributed by atoms with Crippen LogP contribution in [0.4, 0.5) is 0 Å². The third-order valence-corrected chi connectivity index (χ3v) is 13.6. The van der Waals surface area contributed by atoms with Crippen molar-refractivity contribution in [3.8, 4) is 56.2 Å². The number of benzene rings is 9. The van der Waals surface area contributed by atoms with Crippen molar-refractivity contribution in [2.75, 3.05) is 0 Å². The minimum absolute atomic E-state index is 0.432. The molecule has 0 bridgehead atoms. The number of fused-ring (bicyclic) bond motifs is 7. The predicted octanol–water partition coefficient (Wildman–Crippen LogP) is 15.0. The molecule has 0 atom stereocenters. The predicted molar refractivity (Wildman–Crippen MR) is 251 cm³/mol. The van der Waals surface area contributed by atoms with Gasteiger partial charge in [0.25, 0.3) is 0 Å². The van der Waals surface area contributed by atoms with Crippen molar-refractivity contribution in [3.05, 3.63) is 241 Å². The maximum atomic E-state index is 5.36. The highest BCUT2D eigenvalue weighted by Gasteiger charge is 2.46. The summed E-state index contributed by atoms with van der Waals surface area (Å²) in [5.74, 6) is 0.711. The van der Waals surface area contributed by atoms with Gasteiger partial charge in [0, 0.05) is 36.9 Å². The van der Waals surface area contributed by atoms with Gasteiger partial charge in [-0.05, 0) is 91.7 Å². The summed E-state index contributed by atoms with van der Waals surface area (Å²) in [6.07, 6.45) is 0. The van der Waals surface area contributed by atoms with Gasteiger partial charge in [-0.15, -0.1) is 11.3 Å². The normalized spacial score (nSPS) is 12.8. The number of thiophene rings is 1. The molecule has 0 unspecified atom stereocenters. The average Bonchev–Trinajstić information content (AvgIpc) is 3.85. The lowest BCUT2D eigenvalue weighted by Gasteiger charge is -2.33. The second-order valence-corrected chi connectivity index (χ2v) is 16.7. The van der Waals surface area contributed by atoms with Crippen LogP contribution in [0.3, 0.4) is 0 Å². The Morgan fingerprint density at radius 1 is 0.317 bits per heavy atom. The quantitative estimate of drug-likeness (QED) is 0.168. The fraction of sp³-hybridized carbons (Fsp3) is 0.0175. The molecule has 0 radical (unpaired) electrons. The summed E-state index contributed by atoms with van der Waals surface area (Å²) in [6.45, 7) is 0. The summed E-state index contributed by atoms with van der Waals surface area (Å²) in [5, 5.41) is 4.82. The Labute approximate surface area is 352 Å². The van der Waals surface area contributed by atoms with E-state index in [0.29, 0.717) is 5.82 Å². The zero-order chi connectivity index (χ0) is 39.6. The van der Waals surface area contributed by atoms with Crippen molar-refractivity contribution in [3.63, 3.8) is 0 Å². The lowest BCUT2D eigenvalue weighted by molar-refractivity contribution is 0.768. The number of nitrogens with zero attached hydrogens (tertiary/aromatic N) is 2. The van der Waals surface area contributed by atoms with Gasteiger partial charge in [0.2, 0.25) is 0 Å². The first-order valence-corrected chi connectivity index (χ1v) is 21.3. The van der Waals surface area contributed by atoms with Crippen molar-refractivity contribution in [1.29, 1.82) is 0 Å². The van der Waals surface area contributed by atoms with Crippen LogP contribution >= 0.6 is 11.3 Å². The maximum absolute atomic E-state index is 5.36. The van der Waals surface area contributed by atoms with Crippen LogP contribution in [0.25, 0.3) is 87.1 Å². The van der Waals surface area contributed by atoms with E-state index in [0.717, 1.165) is 33.5 Å². The molecule has 9 aromatic carbocycles. The van der Waals surface area contributed by atoms with E-state index in [1.54, 1.807) is 0 Å². The van der Waals surface area contributed by atoms with Crippen molar-refractivity contribution < 1.29 is 0 Å². The van der Waals surface area contributed by atoms with Crippen molar-refractivity contribution in [1.82, 2.24) is 9.97 Å². The van der Waals surface area contributed by atoms with E-state index in [4.69, 9.17) is 9.97 Å². The highest BCUT2D eigenvalue weighted by atomic mass is 32.1. The Morgan fingerprint density at radius 3 is 1.62 bits per heavy atom. The Kier molecular flexibility index (Phi) is 7.97. The molecule has 0 saturated heterocycles. The average molecular weight is 781 g/mol. The highest BCUT2D eigenvalue weighted by molar-refractivity contribution is 7.25. The summed E-state index contributed by atoms with van der Waals surface area (Å²) in [5.41, 5.74) is 14.6. The topological polar surface area (TPSA) is 25.8 Å². The van der Waals surface area contributed by atoms with Crippen molar-refractivity contribution in [2.45, 2.75) is 5.41 Å². The third kappa shape index (κ3) is 5.33. The lowest BCUT2D eigenvalue weighted by Crippen LogP contribution is -2.28. The minimum Gasteiger partial charge on any atom is -0.228 e. The van der Waals surface area contributed by atoms with Crippen LogP contribution < -0.4 is 0 Å². The largest absolute Gasteiger partial charge is 0.228 e. The van der Waals surface area contributed by atoms with Crippen LogP contribution in [0.5, 0.6) is 0 Å². The second kappa shape index (κ2) is 13.8. The number of aromatic nitrogens is 2. The molecule has 2 heterocycles. The van der Waals surface area contributed by atoms with Gasteiger partial charge in [0.1, 0.15) is 0 Å². The molecule has 280 valence electrons. The van der Waals surface area contributed by atoms with E-state index in [1.165, 1.54) is 70.1 Å². The molecule has 2 nitrogen and oxygen atoms in total. The molecule has 0 fully saturated rings. The maximum Gasteiger partial charge on any atom is 0.161 e. The highest BCUT2D eigenvalue weighted by Crippen LogP contribution is 2.57. The van der Waals surface area contributed by atoms with E-state index in [1.807, 2.05) is 11.3 Å². The van der Waals surface area contributed by atoms with Crippen LogP contribution in [0.1, 0.15) is 22.3 Å². The van der Waals surface area contributed by atoms with Crippen molar-refractivity contribution in [2.24, 2.45) is 0 Å². The van der Waals surface area contributed by atoms with Gasteiger partial charge in [-0.1, -0.05) is 182 Å². The second-order valence-electron chi connectivity index (χ2n) is 15.6. The zero-order valence-electron chi connectivity index (χ0n) is 32.6. The van der Waals surface area contributed by atoms with Gasteiger partial charge < -0.3 is 0 Å². The van der Waals surface area contributed by atoms with Crippen LogP contribution in [0.2, 0.25) is 0 Å². The Hall–Kier alpha value is -7.46. The zero-order valence-corrected chi connectivity index (χ0v) is 33.4. The van der Waals surface area contributed by atoms with Gasteiger partial charge in [-0.3, -0.25) is 0 Å². The molecular formula is C57H36N2S. The molecule has 11 aromatic rings. The fourth-order valence-electron chi connectivity index (χ4n) is 9.72. The summed E-state index contributed by atoms with van der Waals surface area (Å²) in [7, 11) is 0. The van der Waals surface area contributed by atoms with Crippen LogP contribution in [-0.2, 0) is 5.41 Å². The van der Waals surface area contributed by atoms with Gasteiger partial charge in [-0.25, -0.2) is 9.97 Å². The molecule has 0 N–H and O–H groups in total. The molecule has 2 aromatic heterocycles. The van der Waals surface area contributed by atoms with E-state index in [2.05, 4.69) is 218 Å². The summed E-state index contributed by atoms with van der Waals surface area (Å²) < 4.78 is 2.57. The smallest absolute Gasteiger partial charge is 0.161 e. The summed E-state index contributed by atoms with van der Waals surface area (Å²) in [4.78, 5) is 10.7. The van der Waals surface area contributed by atoms with Gasteiger partial charge in [0.15, 0.2) is 5.82 Å². The Morgan fingerprint density at radius 2 is 0.867 bits per heavy atom. The van der Waals surface area contributed by atoms with Crippen LogP contribution in [0.15, 0.2) is 218 Å². The van der Waals surface area contributed by atoms with Gasteiger partial charge in [0.05, 0.1) is 16.8 Å². The first-order valence-electron chi connectivity index (χ1n) is 20.5. The molecule has 1 aliphatic carbocycles. The summed E-state index contributed by atoms with van der Waals surface area (Å²) >= 11 is 1.83. The molecule has 60 heavy (non-hydrogen) atoms. The Bertz CT molecular complexity index is 3380. The minimum atomic E-state index is -0.432. The molecular weight excluding hydrogens is 745 g/mol. The fourth-order valence-corrected chi connectivity index (χ4v) is 10.8. The molecule has 0 saturated carbocycles. The molecule has 0 amide bonds. The van der Waals surface area contributed by atoms with Crippen LogP contribution in [-0.4, -0.2) is 9.97 Å². The molecule has 0 aliphatic heterocycles. The Balaban J connectivity index is 1.03. The monoisotopic (exact) mass is 780 g/mol. The van der Waals surface area contributed by atoms with E-state index in [-0.39, 0.29) is 0 Å².